The third-order valence-corrected chi connectivity index (χ3v) is 5.23. The summed E-state index contributed by atoms with van der Waals surface area (Å²) in [7, 11) is 0. The number of halogens is 1. The molecule has 0 aromatic heterocycles. The van der Waals surface area contributed by atoms with Gasteiger partial charge in [0.05, 0.1) is 0 Å². The second kappa shape index (κ2) is 7.21. The molecule has 0 unspecified atom stereocenters. The first kappa shape index (κ1) is 10.9. The van der Waals surface area contributed by atoms with Crippen molar-refractivity contribution in [2.75, 3.05) is 28.5 Å². The Balaban J connectivity index is 1.94. The average Bonchev–Trinajstić information content (AvgIpc) is 2.14. The van der Waals surface area contributed by atoms with Gasteiger partial charge in [0.1, 0.15) is 0 Å². The van der Waals surface area contributed by atoms with Crippen molar-refractivity contribution in [3.63, 3.8) is 0 Å². The van der Waals surface area contributed by atoms with Crippen LogP contribution in [-0.2, 0) is 0 Å². The van der Waals surface area contributed by atoms with E-state index in [9.17, 15) is 0 Å². The summed E-state index contributed by atoms with van der Waals surface area (Å²) in [6, 6.07) is 0. The summed E-state index contributed by atoms with van der Waals surface area (Å²) in [4.78, 5) is 2.62. The van der Waals surface area contributed by atoms with Crippen molar-refractivity contribution in [3.8, 4) is 0 Å². The predicted octanol–water partition coefficient (Wildman–Crippen LogP) is -1.44. The maximum absolute atomic E-state index is 4.81. The molecule has 0 aliphatic carbocycles. The minimum atomic E-state index is 0.396. The molecular formula is C9H17INS-. The van der Waals surface area contributed by atoms with Crippen LogP contribution in [0.25, 0.3) is 0 Å². The minimum absolute atomic E-state index is 0.396. The third-order valence-electron chi connectivity index (χ3n) is 2.16. The van der Waals surface area contributed by atoms with Crippen molar-refractivity contribution < 1.29 is 21.2 Å². The van der Waals surface area contributed by atoms with Gasteiger partial charge >= 0.3 is 91.4 Å². The van der Waals surface area contributed by atoms with E-state index in [1.807, 2.05) is 5.37 Å². The van der Waals surface area contributed by atoms with E-state index in [0.29, 0.717) is 21.2 Å². The molecule has 1 aliphatic rings. The molecule has 1 heterocycles. The molecule has 0 saturated carbocycles. The van der Waals surface area contributed by atoms with Crippen molar-refractivity contribution >= 4 is 17.6 Å². The summed E-state index contributed by atoms with van der Waals surface area (Å²) in [5, 5.41) is 1.91. The maximum atomic E-state index is 4.81. The Labute approximate surface area is 91.2 Å². The molecule has 0 amide bonds. The Bertz CT molecular complexity index is 124. The Morgan fingerprint density at radius 3 is 2.67 bits per heavy atom. The quantitative estimate of drug-likeness (QED) is 0.265. The topological polar surface area (TPSA) is 3.24 Å². The molecule has 1 nitrogen and oxygen atoms in total. The van der Waals surface area contributed by atoms with E-state index in [1.165, 1.54) is 47.8 Å². The van der Waals surface area contributed by atoms with Crippen LogP contribution in [-0.4, -0.2) is 38.8 Å². The van der Waals surface area contributed by atoms with Crippen LogP contribution in [0.5, 0.6) is 0 Å². The van der Waals surface area contributed by atoms with Crippen LogP contribution < -0.4 is 21.2 Å². The van der Waals surface area contributed by atoms with Gasteiger partial charge in [-0.05, 0) is 0 Å². The number of likely N-dealkylation sites (tertiary alicyclic amines) is 1. The average molecular weight is 298 g/mol. The zero-order valence-electron chi connectivity index (χ0n) is 7.47. The summed E-state index contributed by atoms with van der Waals surface area (Å²) in [6.07, 6.45) is 4.29. The van der Waals surface area contributed by atoms with E-state index in [2.05, 4.69) is 4.90 Å². The molecule has 0 aromatic rings. The van der Waals surface area contributed by atoms with E-state index in [1.54, 1.807) is 0 Å². The number of thiocarbonyl (C=S) groups is 1. The molecule has 1 aliphatic heterocycles. The normalized spacial score (nSPS) is 19.7. The molecular weight excluding hydrogens is 281 g/mol. The Kier molecular flexibility index (Phi) is 6.52. The number of piperidine rings is 1. The first-order chi connectivity index (χ1) is 5.93. The molecule has 0 atom stereocenters. The fourth-order valence-electron chi connectivity index (χ4n) is 1.48. The van der Waals surface area contributed by atoms with Crippen LogP contribution in [0.4, 0.5) is 0 Å². The van der Waals surface area contributed by atoms with Gasteiger partial charge in [-0.15, -0.1) is 0 Å². The number of rotatable bonds is 5. The van der Waals surface area contributed by atoms with Gasteiger partial charge < -0.3 is 0 Å². The van der Waals surface area contributed by atoms with E-state index in [4.69, 9.17) is 12.2 Å². The molecule has 72 valence electrons. The van der Waals surface area contributed by atoms with E-state index in [-0.39, 0.29) is 0 Å². The number of alkyl halides is 2. The van der Waals surface area contributed by atoms with Gasteiger partial charge in [0.15, 0.2) is 0 Å². The van der Waals surface area contributed by atoms with Crippen molar-refractivity contribution in [2.24, 2.45) is 0 Å². The Morgan fingerprint density at radius 1 is 1.25 bits per heavy atom. The van der Waals surface area contributed by atoms with Gasteiger partial charge in [0.25, 0.3) is 0 Å². The fraction of sp³-hybridized carbons (Fsp3) is 0.889. The number of hydrogen-bond donors (Lipinski definition) is 0. The van der Waals surface area contributed by atoms with Crippen LogP contribution in [0, 0.1) is 0 Å². The van der Waals surface area contributed by atoms with Crippen molar-refractivity contribution in [2.45, 2.75) is 19.3 Å². The predicted molar refractivity (Wildman–Crippen MR) is 53.7 cm³/mol. The Morgan fingerprint density at radius 2 is 2.00 bits per heavy atom. The third kappa shape index (κ3) is 4.72. The summed E-state index contributed by atoms with van der Waals surface area (Å²) in [5.74, 6) is 0. The number of nitrogens with zero attached hydrogens (tertiary/aromatic N) is 1. The van der Waals surface area contributed by atoms with Gasteiger partial charge in [-0.3, -0.25) is 0 Å². The monoisotopic (exact) mass is 298 g/mol. The zero-order valence-corrected chi connectivity index (χ0v) is 10.4. The first-order valence-corrected chi connectivity index (χ1v) is 8.15. The number of hydrogen-bond acceptors (Lipinski definition) is 2. The van der Waals surface area contributed by atoms with Gasteiger partial charge in [-0.1, -0.05) is 0 Å². The molecule has 0 N–H and O–H groups in total. The van der Waals surface area contributed by atoms with Gasteiger partial charge in [-0.2, -0.15) is 0 Å². The Hall–Kier alpha value is 0.780. The molecule has 1 fully saturated rings. The van der Waals surface area contributed by atoms with Crippen LogP contribution in [0.1, 0.15) is 19.3 Å². The second-order valence-corrected chi connectivity index (χ2v) is 6.47. The fourth-order valence-corrected chi connectivity index (χ4v) is 3.80. The van der Waals surface area contributed by atoms with Gasteiger partial charge in [0, 0.05) is 0 Å². The van der Waals surface area contributed by atoms with E-state index < -0.39 is 0 Å². The zero-order chi connectivity index (χ0) is 8.65. The molecule has 0 spiro atoms. The summed E-state index contributed by atoms with van der Waals surface area (Å²) >= 11 is 5.21. The van der Waals surface area contributed by atoms with Crippen molar-refractivity contribution in [1.29, 1.82) is 0 Å². The molecule has 0 bridgehead atoms. The molecule has 3 heteroatoms. The molecule has 0 radical (unpaired) electrons. The summed E-state index contributed by atoms with van der Waals surface area (Å²) < 4.78 is 2.66. The van der Waals surface area contributed by atoms with Crippen LogP contribution in [0.15, 0.2) is 0 Å². The van der Waals surface area contributed by atoms with Crippen LogP contribution in [0.2, 0.25) is 0 Å². The van der Waals surface area contributed by atoms with Gasteiger partial charge in [-0.25, -0.2) is 0 Å². The summed E-state index contributed by atoms with van der Waals surface area (Å²) in [6.45, 7) is 4.04. The second-order valence-electron chi connectivity index (χ2n) is 3.10. The molecule has 0 aromatic carbocycles. The standard InChI is InChI=1S/C9H17INS/c12-9-5-10-4-8-11-6-2-1-3-7-11/h9H,1-8H2/q-1. The van der Waals surface area contributed by atoms with Crippen molar-refractivity contribution in [3.05, 3.63) is 0 Å². The first-order valence-electron chi connectivity index (χ1n) is 4.63. The van der Waals surface area contributed by atoms with Gasteiger partial charge in [0.2, 0.25) is 0 Å². The van der Waals surface area contributed by atoms with Crippen molar-refractivity contribution in [1.82, 2.24) is 4.90 Å². The molecule has 1 rings (SSSR count). The summed E-state index contributed by atoms with van der Waals surface area (Å²) in [5.41, 5.74) is 0. The van der Waals surface area contributed by atoms with Crippen LogP contribution in [0.3, 0.4) is 0 Å². The van der Waals surface area contributed by atoms with E-state index in [0.717, 1.165) is 0 Å². The van der Waals surface area contributed by atoms with Crippen LogP contribution >= 0.6 is 12.2 Å². The molecule has 12 heavy (non-hydrogen) atoms. The SMILES string of the molecule is S=CC[I-]CCN1CCCCC1. The van der Waals surface area contributed by atoms with E-state index >= 15 is 0 Å². The molecule has 1 saturated heterocycles.